The predicted octanol–water partition coefficient (Wildman–Crippen LogP) is 2.72. The lowest BCUT2D eigenvalue weighted by atomic mass is 9.80. The Morgan fingerprint density at radius 1 is 1.62 bits per heavy atom. The molecular formula is C12H17NO2S. The average molecular weight is 239 g/mol. The van der Waals surface area contributed by atoms with Gasteiger partial charge in [0.15, 0.2) is 0 Å². The number of carboxylic acids is 1. The van der Waals surface area contributed by atoms with Crippen LogP contribution in [0.25, 0.3) is 0 Å². The van der Waals surface area contributed by atoms with Gasteiger partial charge in [-0.3, -0.25) is 0 Å². The lowest BCUT2D eigenvalue weighted by Crippen LogP contribution is -2.36. The van der Waals surface area contributed by atoms with Crippen molar-refractivity contribution in [3.63, 3.8) is 0 Å². The first-order valence-corrected chi connectivity index (χ1v) is 6.54. The normalized spacial score (nSPS) is 18.1. The summed E-state index contributed by atoms with van der Waals surface area (Å²) in [6.07, 6.45) is 4.02. The van der Waals surface area contributed by atoms with Crippen LogP contribution in [0.1, 0.15) is 40.7 Å². The Balaban J connectivity index is 1.81. The SMILES string of the molecule is CC(NCc1ccc(C(=O)O)s1)C1CCC1. The van der Waals surface area contributed by atoms with Gasteiger partial charge in [0.05, 0.1) is 0 Å². The first-order valence-electron chi connectivity index (χ1n) is 5.72. The molecule has 0 saturated heterocycles. The first-order chi connectivity index (χ1) is 7.66. The van der Waals surface area contributed by atoms with Crippen molar-refractivity contribution in [3.8, 4) is 0 Å². The highest BCUT2D eigenvalue weighted by Gasteiger charge is 2.23. The molecule has 1 aromatic rings. The van der Waals surface area contributed by atoms with E-state index in [2.05, 4.69) is 12.2 Å². The number of nitrogens with one attached hydrogen (secondary N) is 1. The summed E-state index contributed by atoms with van der Waals surface area (Å²) in [4.78, 5) is 12.2. The summed E-state index contributed by atoms with van der Waals surface area (Å²) in [5.41, 5.74) is 0. The summed E-state index contributed by atoms with van der Waals surface area (Å²) in [5, 5.41) is 12.3. The van der Waals surface area contributed by atoms with Crippen LogP contribution < -0.4 is 5.32 Å². The molecule has 0 amide bonds. The van der Waals surface area contributed by atoms with Crippen LogP contribution in [-0.2, 0) is 6.54 Å². The molecular weight excluding hydrogens is 222 g/mol. The summed E-state index contributed by atoms with van der Waals surface area (Å²) in [5.74, 6) is -0.0119. The van der Waals surface area contributed by atoms with Gasteiger partial charge in [0.2, 0.25) is 0 Å². The van der Waals surface area contributed by atoms with Gasteiger partial charge in [-0.25, -0.2) is 4.79 Å². The molecule has 1 atom stereocenters. The monoisotopic (exact) mass is 239 g/mol. The second-order valence-electron chi connectivity index (χ2n) is 4.43. The van der Waals surface area contributed by atoms with E-state index >= 15 is 0 Å². The van der Waals surface area contributed by atoms with Crippen molar-refractivity contribution in [2.75, 3.05) is 0 Å². The van der Waals surface area contributed by atoms with Crippen LogP contribution in [0.3, 0.4) is 0 Å². The molecule has 1 fully saturated rings. The van der Waals surface area contributed by atoms with Crippen LogP contribution in [0.4, 0.5) is 0 Å². The zero-order chi connectivity index (χ0) is 11.5. The number of carboxylic acid groups (broad SMARTS) is 1. The van der Waals surface area contributed by atoms with Crippen molar-refractivity contribution in [1.82, 2.24) is 5.32 Å². The van der Waals surface area contributed by atoms with E-state index in [4.69, 9.17) is 5.11 Å². The van der Waals surface area contributed by atoms with Gasteiger partial charge < -0.3 is 10.4 Å². The number of carbonyl (C=O) groups is 1. The second kappa shape index (κ2) is 4.97. The summed E-state index contributed by atoms with van der Waals surface area (Å²) >= 11 is 1.36. The fourth-order valence-electron chi connectivity index (χ4n) is 1.96. The van der Waals surface area contributed by atoms with Gasteiger partial charge in [-0.2, -0.15) is 0 Å². The quantitative estimate of drug-likeness (QED) is 0.830. The van der Waals surface area contributed by atoms with Gasteiger partial charge in [-0.1, -0.05) is 6.42 Å². The molecule has 1 saturated carbocycles. The van der Waals surface area contributed by atoms with E-state index in [0.717, 1.165) is 17.3 Å². The number of thiophene rings is 1. The van der Waals surface area contributed by atoms with Crippen molar-refractivity contribution < 1.29 is 9.90 Å². The number of hydrogen-bond donors (Lipinski definition) is 2. The van der Waals surface area contributed by atoms with E-state index in [1.807, 2.05) is 6.07 Å². The highest BCUT2D eigenvalue weighted by Crippen LogP contribution is 2.29. The van der Waals surface area contributed by atoms with E-state index in [-0.39, 0.29) is 0 Å². The van der Waals surface area contributed by atoms with Crippen molar-refractivity contribution in [3.05, 3.63) is 21.9 Å². The highest BCUT2D eigenvalue weighted by molar-refractivity contribution is 7.13. The molecule has 4 heteroatoms. The van der Waals surface area contributed by atoms with E-state index in [0.29, 0.717) is 10.9 Å². The van der Waals surface area contributed by atoms with Gasteiger partial charge >= 0.3 is 5.97 Å². The van der Waals surface area contributed by atoms with Crippen LogP contribution in [0, 0.1) is 5.92 Å². The predicted molar refractivity (Wildman–Crippen MR) is 64.9 cm³/mol. The van der Waals surface area contributed by atoms with Crippen molar-refractivity contribution in [2.24, 2.45) is 5.92 Å². The lowest BCUT2D eigenvalue weighted by molar-refractivity contribution is 0.0702. The summed E-state index contributed by atoms with van der Waals surface area (Å²) in [7, 11) is 0. The van der Waals surface area contributed by atoms with Gasteiger partial charge in [0.25, 0.3) is 0 Å². The highest BCUT2D eigenvalue weighted by atomic mass is 32.1. The molecule has 3 nitrogen and oxygen atoms in total. The summed E-state index contributed by atoms with van der Waals surface area (Å²) in [6.45, 7) is 3.01. The smallest absolute Gasteiger partial charge is 0.345 e. The maximum atomic E-state index is 10.7. The third kappa shape index (κ3) is 2.62. The largest absolute Gasteiger partial charge is 0.477 e. The van der Waals surface area contributed by atoms with Crippen LogP contribution in [0.2, 0.25) is 0 Å². The molecule has 1 unspecified atom stereocenters. The number of aromatic carboxylic acids is 1. The molecule has 1 aliphatic carbocycles. The fourth-order valence-corrected chi connectivity index (χ4v) is 2.75. The average Bonchev–Trinajstić information content (AvgIpc) is 2.60. The second-order valence-corrected chi connectivity index (χ2v) is 5.60. The van der Waals surface area contributed by atoms with Crippen LogP contribution in [0.15, 0.2) is 12.1 Å². The molecule has 2 rings (SSSR count). The zero-order valence-electron chi connectivity index (χ0n) is 9.40. The Labute approximate surface area is 99.5 Å². The number of hydrogen-bond acceptors (Lipinski definition) is 3. The number of rotatable bonds is 5. The molecule has 1 aromatic heterocycles. The molecule has 16 heavy (non-hydrogen) atoms. The van der Waals surface area contributed by atoms with Crippen LogP contribution >= 0.6 is 11.3 Å². The lowest BCUT2D eigenvalue weighted by Gasteiger charge is -2.31. The Morgan fingerprint density at radius 2 is 2.38 bits per heavy atom. The molecule has 0 aromatic carbocycles. The molecule has 0 aliphatic heterocycles. The van der Waals surface area contributed by atoms with E-state index in [9.17, 15) is 4.79 Å². The topological polar surface area (TPSA) is 49.3 Å². The Hall–Kier alpha value is -0.870. The molecule has 0 bridgehead atoms. The molecule has 2 N–H and O–H groups in total. The van der Waals surface area contributed by atoms with Crippen LogP contribution in [0.5, 0.6) is 0 Å². The maximum absolute atomic E-state index is 10.7. The zero-order valence-corrected chi connectivity index (χ0v) is 10.2. The minimum atomic E-state index is -0.830. The molecule has 0 spiro atoms. The standard InChI is InChI=1S/C12H17NO2S/c1-8(9-3-2-4-9)13-7-10-5-6-11(16-10)12(14)15/h5-6,8-9,13H,2-4,7H2,1H3,(H,14,15). The van der Waals surface area contributed by atoms with Crippen molar-refractivity contribution >= 4 is 17.3 Å². The first kappa shape index (κ1) is 11.6. The van der Waals surface area contributed by atoms with E-state index in [1.165, 1.54) is 30.6 Å². The Morgan fingerprint density at radius 3 is 2.88 bits per heavy atom. The third-order valence-electron chi connectivity index (χ3n) is 3.33. The van der Waals surface area contributed by atoms with Crippen molar-refractivity contribution in [1.29, 1.82) is 0 Å². The minimum Gasteiger partial charge on any atom is -0.477 e. The van der Waals surface area contributed by atoms with Crippen molar-refractivity contribution in [2.45, 2.75) is 38.8 Å². The van der Waals surface area contributed by atoms with Gasteiger partial charge in [-0.15, -0.1) is 11.3 Å². The maximum Gasteiger partial charge on any atom is 0.345 e. The van der Waals surface area contributed by atoms with E-state index < -0.39 is 5.97 Å². The van der Waals surface area contributed by atoms with Crippen LogP contribution in [-0.4, -0.2) is 17.1 Å². The third-order valence-corrected chi connectivity index (χ3v) is 4.40. The Bertz CT molecular complexity index is 371. The molecule has 88 valence electrons. The van der Waals surface area contributed by atoms with Gasteiger partial charge in [0, 0.05) is 17.5 Å². The fraction of sp³-hybridized carbons (Fsp3) is 0.583. The van der Waals surface area contributed by atoms with Gasteiger partial charge in [0.1, 0.15) is 4.88 Å². The molecule has 1 heterocycles. The molecule has 1 aliphatic rings. The summed E-state index contributed by atoms with van der Waals surface area (Å²) < 4.78 is 0. The Kier molecular flexibility index (Phi) is 3.61. The summed E-state index contributed by atoms with van der Waals surface area (Å²) in [6, 6.07) is 4.12. The molecule has 0 radical (unpaired) electrons. The minimum absolute atomic E-state index is 0.424. The van der Waals surface area contributed by atoms with Gasteiger partial charge in [-0.05, 0) is 37.8 Å². The van der Waals surface area contributed by atoms with E-state index in [1.54, 1.807) is 6.07 Å².